The maximum Gasteiger partial charge on any atom is 0.265 e. The molecule has 0 aliphatic heterocycles. The number of rotatable bonds is 3. The van der Waals surface area contributed by atoms with E-state index in [4.69, 9.17) is 27.9 Å². The zero-order valence-electron chi connectivity index (χ0n) is 10.5. The fraction of sp³-hybridized carbons (Fsp3) is 0.0769. The van der Waals surface area contributed by atoms with Crippen LogP contribution in [0.3, 0.4) is 0 Å². The van der Waals surface area contributed by atoms with Crippen LogP contribution in [-0.4, -0.2) is 21.4 Å². The van der Waals surface area contributed by atoms with Crippen LogP contribution in [0.15, 0.2) is 36.8 Å². The average Bonchev–Trinajstić information content (AvgIpc) is 2.91. The molecule has 0 aliphatic rings. The highest BCUT2D eigenvalue weighted by molar-refractivity contribution is 6.34. The lowest BCUT2D eigenvalue weighted by molar-refractivity contribution is 0.466. The van der Waals surface area contributed by atoms with E-state index in [9.17, 15) is 0 Å². The second-order valence-corrected chi connectivity index (χ2v) is 4.86. The summed E-state index contributed by atoms with van der Waals surface area (Å²) in [5.74, 6) is 1.44. The van der Waals surface area contributed by atoms with Crippen LogP contribution in [0.1, 0.15) is 0 Å². The molecule has 3 aromatic rings. The molecular weight excluding hydrogens is 299 g/mol. The molecule has 0 spiro atoms. The Labute approximate surface area is 125 Å². The van der Waals surface area contributed by atoms with E-state index in [1.54, 1.807) is 31.4 Å². The summed E-state index contributed by atoms with van der Waals surface area (Å²) in [7, 11) is 1.78. The zero-order valence-corrected chi connectivity index (χ0v) is 12.0. The molecule has 2 aromatic heterocycles. The summed E-state index contributed by atoms with van der Waals surface area (Å²) in [5, 5.41) is 3.95. The summed E-state index contributed by atoms with van der Waals surface area (Å²) in [4.78, 5) is 8.55. The highest BCUT2D eigenvalue weighted by Gasteiger charge is 2.11. The lowest BCUT2D eigenvalue weighted by Gasteiger charge is -2.09. The van der Waals surface area contributed by atoms with Crippen molar-refractivity contribution in [1.82, 2.24) is 14.4 Å². The fourth-order valence-electron chi connectivity index (χ4n) is 1.75. The van der Waals surface area contributed by atoms with Crippen LogP contribution < -0.4 is 10.1 Å². The van der Waals surface area contributed by atoms with Gasteiger partial charge in [-0.25, -0.2) is 4.98 Å². The van der Waals surface area contributed by atoms with Crippen LogP contribution in [0.5, 0.6) is 11.6 Å². The molecule has 0 atom stereocenters. The van der Waals surface area contributed by atoms with Crippen LogP contribution in [0.4, 0.5) is 5.82 Å². The maximum absolute atomic E-state index is 6.09. The van der Waals surface area contributed by atoms with Crippen molar-refractivity contribution in [1.29, 1.82) is 0 Å². The molecule has 1 aromatic carbocycles. The highest BCUT2D eigenvalue weighted by atomic mass is 35.5. The fourth-order valence-corrected chi connectivity index (χ4v) is 2.07. The molecule has 7 heteroatoms. The Bertz CT molecular complexity index is 772. The molecule has 0 radical (unpaired) electrons. The van der Waals surface area contributed by atoms with E-state index in [1.165, 1.54) is 0 Å². The van der Waals surface area contributed by atoms with Gasteiger partial charge in [-0.3, -0.25) is 4.40 Å². The third kappa shape index (κ3) is 2.37. The minimum absolute atomic E-state index is 0.353. The van der Waals surface area contributed by atoms with Crippen LogP contribution >= 0.6 is 23.2 Å². The van der Waals surface area contributed by atoms with E-state index < -0.39 is 0 Å². The number of benzene rings is 1. The van der Waals surface area contributed by atoms with E-state index in [1.807, 2.05) is 16.8 Å². The van der Waals surface area contributed by atoms with E-state index in [0.717, 1.165) is 0 Å². The molecule has 2 heterocycles. The summed E-state index contributed by atoms with van der Waals surface area (Å²) in [5.41, 5.74) is 0.597. The van der Waals surface area contributed by atoms with Crippen molar-refractivity contribution in [2.24, 2.45) is 0 Å². The molecule has 1 N–H and O–H groups in total. The summed E-state index contributed by atoms with van der Waals surface area (Å²) in [6, 6.07) is 5.00. The number of ether oxygens (including phenoxy) is 1. The largest absolute Gasteiger partial charge is 0.434 e. The first-order valence-electron chi connectivity index (χ1n) is 5.82. The zero-order chi connectivity index (χ0) is 14.1. The summed E-state index contributed by atoms with van der Waals surface area (Å²) < 4.78 is 7.57. The second kappa shape index (κ2) is 5.19. The molecule has 3 rings (SSSR count). The van der Waals surface area contributed by atoms with Gasteiger partial charge in [0.2, 0.25) is 5.65 Å². The maximum atomic E-state index is 6.09. The summed E-state index contributed by atoms with van der Waals surface area (Å²) >= 11 is 12.0. The Morgan fingerprint density at radius 2 is 2.15 bits per heavy atom. The Morgan fingerprint density at radius 1 is 1.30 bits per heavy atom. The first-order chi connectivity index (χ1) is 9.67. The van der Waals surface area contributed by atoms with Gasteiger partial charge in [-0.15, -0.1) is 0 Å². The Balaban J connectivity index is 2.09. The number of fused-ring (bicyclic) bond motifs is 1. The molecule has 0 unspecified atom stereocenters. The summed E-state index contributed by atoms with van der Waals surface area (Å²) in [6.45, 7) is 0. The van der Waals surface area contributed by atoms with Crippen LogP contribution in [0.2, 0.25) is 10.0 Å². The molecule has 0 saturated carbocycles. The van der Waals surface area contributed by atoms with Crippen molar-refractivity contribution >= 4 is 34.7 Å². The molecule has 0 saturated heterocycles. The molecule has 0 bridgehead atoms. The van der Waals surface area contributed by atoms with Gasteiger partial charge in [-0.05, 0) is 12.1 Å². The van der Waals surface area contributed by atoms with Crippen molar-refractivity contribution in [2.75, 3.05) is 12.4 Å². The lowest BCUT2D eigenvalue weighted by Crippen LogP contribution is -1.99. The summed E-state index contributed by atoms with van der Waals surface area (Å²) in [6.07, 6.45) is 5.29. The standard InChI is InChI=1S/C13H10Cl2N4O/c1-16-11-7-19-5-4-17-12(19)13(18-11)20-10-6-8(14)2-3-9(10)15/h2-7,16H,1H3. The van der Waals surface area contributed by atoms with E-state index in [-0.39, 0.29) is 0 Å². The smallest absolute Gasteiger partial charge is 0.265 e. The minimum Gasteiger partial charge on any atom is -0.434 e. The number of hydrogen-bond acceptors (Lipinski definition) is 4. The minimum atomic E-state index is 0.353. The van der Waals surface area contributed by atoms with Crippen molar-refractivity contribution in [3.8, 4) is 11.6 Å². The number of nitrogens with zero attached hydrogens (tertiary/aromatic N) is 3. The molecular formula is C13H10Cl2N4O. The SMILES string of the molecule is CNc1cn2ccnc2c(Oc2cc(Cl)ccc2Cl)n1. The molecule has 102 valence electrons. The lowest BCUT2D eigenvalue weighted by atomic mass is 10.3. The van der Waals surface area contributed by atoms with E-state index in [0.29, 0.717) is 33.1 Å². The van der Waals surface area contributed by atoms with Gasteiger partial charge in [0.1, 0.15) is 11.6 Å². The monoisotopic (exact) mass is 308 g/mol. The Hall–Kier alpha value is -1.98. The van der Waals surface area contributed by atoms with Crippen molar-refractivity contribution in [2.45, 2.75) is 0 Å². The highest BCUT2D eigenvalue weighted by Crippen LogP contribution is 2.32. The molecule has 5 nitrogen and oxygen atoms in total. The number of imidazole rings is 1. The van der Waals surface area contributed by atoms with Gasteiger partial charge in [0.05, 0.1) is 11.2 Å². The molecule has 20 heavy (non-hydrogen) atoms. The van der Waals surface area contributed by atoms with Crippen molar-refractivity contribution < 1.29 is 4.74 Å². The number of anilines is 1. The molecule has 0 aliphatic carbocycles. The van der Waals surface area contributed by atoms with Gasteiger partial charge in [0.25, 0.3) is 5.88 Å². The average molecular weight is 309 g/mol. The molecule has 0 amide bonds. The van der Waals surface area contributed by atoms with E-state index >= 15 is 0 Å². The second-order valence-electron chi connectivity index (χ2n) is 4.02. The number of halogens is 2. The quantitative estimate of drug-likeness (QED) is 0.798. The number of aromatic nitrogens is 3. The van der Waals surface area contributed by atoms with Gasteiger partial charge < -0.3 is 10.1 Å². The van der Waals surface area contributed by atoms with Crippen LogP contribution in [-0.2, 0) is 0 Å². The van der Waals surface area contributed by atoms with Crippen LogP contribution in [0, 0.1) is 0 Å². The third-order valence-electron chi connectivity index (χ3n) is 2.70. The first kappa shape index (κ1) is 13.0. The Kier molecular flexibility index (Phi) is 3.38. The van der Waals surface area contributed by atoms with Gasteiger partial charge in [0.15, 0.2) is 0 Å². The molecule has 0 fully saturated rings. The first-order valence-corrected chi connectivity index (χ1v) is 6.57. The van der Waals surface area contributed by atoms with Gasteiger partial charge in [-0.2, -0.15) is 4.98 Å². The van der Waals surface area contributed by atoms with Gasteiger partial charge in [-0.1, -0.05) is 23.2 Å². The Morgan fingerprint density at radius 3 is 2.95 bits per heavy atom. The normalized spacial score (nSPS) is 10.8. The van der Waals surface area contributed by atoms with Crippen LogP contribution in [0.25, 0.3) is 5.65 Å². The van der Waals surface area contributed by atoms with Gasteiger partial charge >= 0.3 is 0 Å². The predicted molar refractivity (Wildman–Crippen MR) is 79.1 cm³/mol. The van der Waals surface area contributed by atoms with Crippen molar-refractivity contribution in [3.05, 3.63) is 46.8 Å². The number of nitrogens with one attached hydrogen (secondary N) is 1. The van der Waals surface area contributed by atoms with Gasteiger partial charge in [0, 0.05) is 30.5 Å². The number of hydrogen-bond donors (Lipinski definition) is 1. The van der Waals surface area contributed by atoms with E-state index in [2.05, 4.69) is 15.3 Å². The predicted octanol–water partition coefficient (Wildman–Crippen LogP) is 3.87. The van der Waals surface area contributed by atoms with Crippen molar-refractivity contribution in [3.63, 3.8) is 0 Å². The third-order valence-corrected chi connectivity index (χ3v) is 3.25. The topological polar surface area (TPSA) is 51.5 Å².